The molecule has 0 aliphatic carbocycles. The zero-order valence-electron chi connectivity index (χ0n) is 9.64. The molecular weight excluding hydrogens is 276 g/mol. The molecule has 98 valence electrons. The fourth-order valence-corrected chi connectivity index (χ4v) is 2.51. The summed E-state index contributed by atoms with van der Waals surface area (Å²) in [6, 6.07) is 4.05. The Kier molecular flexibility index (Phi) is 5.30. The van der Waals surface area contributed by atoms with Gasteiger partial charge in [0.2, 0.25) is 5.91 Å². The Hall–Kier alpha value is -1.40. The number of anilines is 1. The average molecular weight is 289 g/mol. The minimum atomic E-state index is -1.08. The standard InChI is InChI=1S/C11H13ClN2O3S/c1-6(15)14-9(11(16)17)5-18-10-3-2-7(13)4-8(10)12/h2-4,9H,5,13H2,1H3,(H,14,15)(H,16,17). The van der Waals surface area contributed by atoms with Crippen molar-refractivity contribution < 1.29 is 14.7 Å². The molecular formula is C11H13ClN2O3S. The van der Waals surface area contributed by atoms with Crippen LogP contribution in [0.4, 0.5) is 5.69 Å². The third kappa shape index (κ3) is 4.46. The second-order valence-electron chi connectivity index (χ2n) is 3.59. The van der Waals surface area contributed by atoms with E-state index >= 15 is 0 Å². The molecule has 0 fully saturated rings. The van der Waals surface area contributed by atoms with Crippen LogP contribution < -0.4 is 11.1 Å². The molecule has 0 aromatic heterocycles. The fourth-order valence-electron chi connectivity index (χ4n) is 1.23. The zero-order valence-corrected chi connectivity index (χ0v) is 11.2. The summed E-state index contributed by atoms with van der Waals surface area (Å²) in [5, 5.41) is 11.8. The van der Waals surface area contributed by atoms with E-state index in [1.807, 2.05) is 0 Å². The highest BCUT2D eigenvalue weighted by Crippen LogP contribution is 2.29. The number of hydrogen-bond acceptors (Lipinski definition) is 4. The molecule has 0 radical (unpaired) electrons. The fraction of sp³-hybridized carbons (Fsp3) is 0.273. The number of nitrogens with one attached hydrogen (secondary N) is 1. The number of benzene rings is 1. The summed E-state index contributed by atoms with van der Waals surface area (Å²) in [5.41, 5.74) is 6.10. The minimum Gasteiger partial charge on any atom is -0.480 e. The molecule has 7 heteroatoms. The van der Waals surface area contributed by atoms with Crippen LogP contribution in [-0.2, 0) is 9.59 Å². The van der Waals surface area contributed by atoms with Crippen LogP contribution >= 0.6 is 23.4 Å². The van der Waals surface area contributed by atoms with E-state index in [0.717, 1.165) is 4.90 Å². The largest absolute Gasteiger partial charge is 0.480 e. The van der Waals surface area contributed by atoms with Crippen molar-refractivity contribution in [1.29, 1.82) is 0 Å². The average Bonchev–Trinajstić information content (AvgIpc) is 2.25. The van der Waals surface area contributed by atoms with Crippen molar-refractivity contribution in [3.8, 4) is 0 Å². The molecule has 0 spiro atoms. The number of carbonyl (C=O) groups excluding carboxylic acids is 1. The summed E-state index contributed by atoms with van der Waals surface area (Å²) >= 11 is 7.21. The summed E-state index contributed by atoms with van der Waals surface area (Å²) in [4.78, 5) is 22.5. The van der Waals surface area contributed by atoms with Gasteiger partial charge in [-0.05, 0) is 18.2 Å². The maximum absolute atomic E-state index is 10.9. The van der Waals surface area contributed by atoms with Crippen molar-refractivity contribution in [2.75, 3.05) is 11.5 Å². The van der Waals surface area contributed by atoms with Crippen LogP contribution in [0.25, 0.3) is 0 Å². The number of nitrogen functional groups attached to an aromatic ring is 1. The number of halogens is 1. The van der Waals surface area contributed by atoms with Crippen LogP contribution in [0, 0.1) is 0 Å². The molecule has 0 aliphatic rings. The predicted molar refractivity (Wildman–Crippen MR) is 71.8 cm³/mol. The van der Waals surface area contributed by atoms with Crippen molar-refractivity contribution in [3.05, 3.63) is 23.2 Å². The number of rotatable bonds is 5. The lowest BCUT2D eigenvalue weighted by Crippen LogP contribution is -2.41. The highest BCUT2D eigenvalue weighted by molar-refractivity contribution is 7.99. The third-order valence-corrected chi connectivity index (χ3v) is 3.63. The Morgan fingerprint density at radius 2 is 2.22 bits per heavy atom. The number of aliphatic carboxylic acids is 1. The normalized spacial score (nSPS) is 11.9. The van der Waals surface area contributed by atoms with Crippen LogP contribution in [0.15, 0.2) is 23.1 Å². The molecule has 4 N–H and O–H groups in total. The lowest BCUT2D eigenvalue weighted by atomic mass is 10.3. The molecule has 0 heterocycles. The molecule has 0 bridgehead atoms. The Labute approximate surface area is 114 Å². The van der Waals surface area contributed by atoms with Gasteiger partial charge in [-0.15, -0.1) is 11.8 Å². The van der Waals surface area contributed by atoms with Gasteiger partial charge in [-0.1, -0.05) is 11.6 Å². The number of thioether (sulfide) groups is 1. The molecule has 0 saturated heterocycles. The van der Waals surface area contributed by atoms with Crippen LogP contribution in [-0.4, -0.2) is 28.8 Å². The molecule has 5 nitrogen and oxygen atoms in total. The van der Waals surface area contributed by atoms with E-state index < -0.39 is 12.0 Å². The Balaban J connectivity index is 2.66. The topological polar surface area (TPSA) is 92.4 Å². The lowest BCUT2D eigenvalue weighted by molar-refractivity contribution is -0.140. The zero-order chi connectivity index (χ0) is 13.7. The maximum atomic E-state index is 10.9. The third-order valence-electron chi connectivity index (χ3n) is 2.04. The van der Waals surface area contributed by atoms with Gasteiger partial charge in [0.15, 0.2) is 0 Å². The van der Waals surface area contributed by atoms with Gasteiger partial charge in [-0.3, -0.25) is 4.79 Å². The van der Waals surface area contributed by atoms with Crippen molar-refractivity contribution >= 4 is 40.9 Å². The number of carboxylic acid groups (broad SMARTS) is 1. The Bertz CT molecular complexity index is 468. The summed E-state index contributed by atoms with van der Waals surface area (Å²) in [7, 11) is 0. The van der Waals surface area contributed by atoms with Crippen molar-refractivity contribution in [1.82, 2.24) is 5.32 Å². The van der Waals surface area contributed by atoms with Crippen LogP contribution in [0.5, 0.6) is 0 Å². The van der Waals surface area contributed by atoms with Crippen molar-refractivity contribution in [3.63, 3.8) is 0 Å². The van der Waals surface area contributed by atoms with E-state index in [9.17, 15) is 9.59 Å². The molecule has 1 unspecified atom stereocenters. The monoisotopic (exact) mass is 288 g/mol. The molecule has 0 saturated carbocycles. The van der Waals surface area contributed by atoms with Gasteiger partial charge in [0, 0.05) is 23.3 Å². The van der Waals surface area contributed by atoms with E-state index in [-0.39, 0.29) is 11.7 Å². The summed E-state index contributed by atoms with van der Waals surface area (Å²) in [6.07, 6.45) is 0. The first kappa shape index (κ1) is 14.7. The SMILES string of the molecule is CC(=O)NC(CSc1ccc(N)cc1Cl)C(=O)O. The second-order valence-corrected chi connectivity index (χ2v) is 5.06. The van der Waals surface area contributed by atoms with E-state index in [0.29, 0.717) is 10.7 Å². The lowest BCUT2D eigenvalue weighted by Gasteiger charge is -2.13. The molecule has 0 aliphatic heterocycles. The molecule has 1 aromatic rings. The first-order chi connectivity index (χ1) is 8.40. The van der Waals surface area contributed by atoms with Gasteiger partial charge in [-0.25, -0.2) is 4.79 Å². The highest BCUT2D eigenvalue weighted by Gasteiger charge is 2.18. The first-order valence-electron chi connectivity index (χ1n) is 5.08. The van der Waals surface area contributed by atoms with Gasteiger partial charge in [0.05, 0.1) is 5.02 Å². The minimum absolute atomic E-state index is 0.193. The number of nitrogens with two attached hydrogens (primary N) is 1. The summed E-state index contributed by atoms with van der Waals surface area (Å²) in [5.74, 6) is -1.27. The van der Waals surface area contributed by atoms with Crippen LogP contribution in [0.1, 0.15) is 6.92 Å². The van der Waals surface area contributed by atoms with Crippen LogP contribution in [0.3, 0.4) is 0 Å². The van der Waals surface area contributed by atoms with Crippen molar-refractivity contribution in [2.45, 2.75) is 17.9 Å². The van der Waals surface area contributed by atoms with Gasteiger partial charge in [-0.2, -0.15) is 0 Å². The highest BCUT2D eigenvalue weighted by atomic mass is 35.5. The number of carboxylic acids is 1. The maximum Gasteiger partial charge on any atom is 0.327 e. The molecule has 1 amide bonds. The first-order valence-corrected chi connectivity index (χ1v) is 6.44. The summed E-state index contributed by atoms with van der Waals surface area (Å²) in [6.45, 7) is 1.27. The number of hydrogen-bond donors (Lipinski definition) is 3. The molecule has 18 heavy (non-hydrogen) atoms. The van der Waals surface area contributed by atoms with E-state index in [2.05, 4.69) is 5.32 Å². The van der Waals surface area contributed by atoms with E-state index in [1.165, 1.54) is 18.7 Å². The molecule has 1 rings (SSSR count). The van der Waals surface area contributed by atoms with Gasteiger partial charge < -0.3 is 16.2 Å². The second kappa shape index (κ2) is 6.51. The Morgan fingerprint density at radius 1 is 1.56 bits per heavy atom. The summed E-state index contributed by atoms with van der Waals surface area (Å²) < 4.78 is 0. The van der Waals surface area contributed by atoms with Crippen LogP contribution in [0.2, 0.25) is 5.02 Å². The Morgan fingerprint density at radius 3 is 2.72 bits per heavy atom. The quantitative estimate of drug-likeness (QED) is 0.565. The molecule has 1 aromatic carbocycles. The van der Waals surface area contributed by atoms with Gasteiger partial charge in [0.25, 0.3) is 0 Å². The molecule has 1 atom stereocenters. The van der Waals surface area contributed by atoms with E-state index in [1.54, 1.807) is 18.2 Å². The van der Waals surface area contributed by atoms with Gasteiger partial charge in [0.1, 0.15) is 6.04 Å². The number of carbonyl (C=O) groups is 2. The number of amides is 1. The van der Waals surface area contributed by atoms with Crippen molar-refractivity contribution in [2.24, 2.45) is 0 Å². The van der Waals surface area contributed by atoms with Gasteiger partial charge >= 0.3 is 5.97 Å². The smallest absolute Gasteiger partial charge is 0.327 e. The van der Waals surface area contributed by atoms with E-state index in [4.69, 9.17) is 22.4 Å². The predicted octanol–water partition coefficient (Wildman–Crippen LogP) is 1.60.